The first-order valence-electron chi connectivity index (χ1n) is 10.2. The lowest BCUT2D eigenvalue weighted by Crippen LogP contribution is -2.53. The van der Waals surface area contributed by atoms with E-state index in [-0.39, 0.29) is 17.8 Å². The van der Waals surface area contributed by atoms with Gasteiger partial charge in [-0.05, 0) is 80.0 Å². The molecule has 0 N–H and O–H groups in total. The Hall–Kier alpha value is -0.540. The highest BCUT2D eigenvalue weighted by atomic mass is 19.4. The fraction of sp³-hybridized carbons (Fsp3) is 0.952. The van der Waals surface area contributed by atoms with Crippen LogP contribution in [0.4, 0.5) is 13.2 Å². The van der Waals surface area contributed by atoms with Crippen LogP contribution in [0.1, 0.15) is 72.1 Å². The first-order valence-corrected chi connectivity index (χ1v) is 10.2. The van der Waals surface area contributed by atoms with Gasteiger partial charge in [-0.15, -0.1) is 0 Å². The second-order valence-corrected chi connectivity index (χ2v) is 10.2. The molecule has 0 heterocycles. The SMILES string of the molecule is C[C@H]1CC[C@@]2(C)[C@@H](CC[C@@H]3[C@@H]2CC[C@]2(C)C(=O)C(C(F)(F)F)C[C@@H]32)C1. The Morgan fingerprint density at radius 1 is 0.960 bits per heavy atom. The van der Waals surface area contributed by atoms with E-state index in [4.69, 9.17) is 0 Å². The molecule has 0 aromatic rings. The summed E-state index contributed by atoms with van der Waals surface area (Å²) in [5.41, 5.74) is -0.442. The zero-order chi connectivity index (χ0) is 18.2. The standard InChI is InChI=1S/C21H31F3O/c1-12-6-8-19(2)13(10-12)4-5-14-15(19)7-9-20(3)16(14)11-17(18(20)25)21(22,23)24/h12-17H,4-11H2,1-3H3/t12-,13-,14+,15-,16-,17?,19-,20-/m0/s1. The molecule has 4 fully saturated rings. The lowest BCUT2D eigenvalue weighted by molar-refractivity contribution is -0.180. The summed E-state index contributed by atoms with van der Waals surface area (Å²) < 4.78 is 40.2. The molecule has 0 radical (unpaired) electrons. The molecule has 0 aromatic carbocycles. The summed E-state index contributed by atoms with van der Waals surface area (Å²) >= 11 is 0. The van der Waals surface area contributed by atoms with Crippen molar-refractivity contribution in [2.45, 2.75) is 78.3 Å². The molecule has 4 rings (SSSR count). The number of alkyl halides is 3. The third-order valence-electron chi connectivity index (χ3n) is 9.08. The molecule has 1 unspecified atom stereocenters. The van der Waals surface area contributed by atoms with Crippen LogP contribution in [0.2, 0.25) is 0 Å². The van der Waals surface area contributed by atoms with Gasteiger partial charge in [0.05, 0.1) is 0 Å². The van der Waals surface area contributed by atoms with E-state index < -0.39 is 23.3 Å². The van der Waals surface area contributed by atoms with Crippen LogP contribution in [0, 0.1) is 46.3 Å². The number of Topliss-reactive ketones (excluding diaryl/α,β-unsaturated/α-hetero) is 1. The molecule has 4 heteroatoms. The van der Waals surface area contributed by atoms with E-state index in [1.807, 2.05) is 6.92 Å². The molecule has 4 saturated carbocycles. The Morgan fingerprint density at radius 3 is 2.36 bits per heavy atom. The van der Waals surface area contributed by atoms with Gasteiger partial charge in [0, 0.05) is 5.41 Å². The molecule has 0 amide bonds. The Labute approximate surface area is 149 Å². The number of fused-ring (bicyclic) bond motifs is 5. The fourth-order valence-electron chi connectivity index (χ4n) is 7.57. The minimum Gasteiger partial charge on any atom is -0.298 e. The number of hydrogen-bond donors (Lipinski definition) is 0. The molecule has 1 nitrogen and oxygen atoms in total. The van der Waals surface area contributed by atoms with Gasteiger partial charge in [0.15, 0.2) is 5.78 Å². The topological polar surface area (TPSA) is 17.1 Å². The predicted molar refractivity (Wildman–Crippen MR) is 90.8 cm³/mol. The molecule has 142 valence electrons. The average molecular weight is 356 g/mol. The van der Waals surface area contributed by atoms with Crippen LogP contribution in [-0.4, -0.2) is 12.0 Å². The normalized spacial score (nSPS) is 53.1. The minimum atomic E-state index is -4.37. The van der Waals surface area contributed by atoms with Gasteiger partial charge in [0.1, 0.15) is 5.92 Å². The van der Waals surface area contributed by atoms with Crippen LogP contribution in [0.25, 0.3) is 0 Å². The summed E-state index contributed by atoms with van der Waals surface area (Å²) in [6.07, 6.45) is 3.26. The van der Waals surface area contributed by atoms with Gasteiger partial charge in [0.2, 0.25) is 0 Å². The highest BCUT2D eigenvalue weighted by molar-refractivity contribution is 5.90. The average Bonchev–Trinajstić information content (AvgIpc) is 2.80. The molecule has 4 aliphatic carbocycles. The van der Waals surface area contributed by atoms with Crippen LogP contribution in [0.15, 0.2) is 0 Å². The van der Waals surface area contributed by atoms with E-state index >= 15 is 0 Å². The maximum atomic E-state index is 13.4. The number of rotatable bonds is 0. The van der Waals surface area contributed by atoms with Gasteiger partial charge in [-0.1, -0.05) is 27.2 Å². The van der Waals surface area contributed by atoms with E-state index in [9.17, 15) is 18.0 Å². The van der Waals surface area contributed by atoms with E-state index in [1.54, 1.807) is 0 Å². The summed E-state index contributed by atoms with van der Waals surface area (Å²) in [6.45, 7) is 6.60. The first kappa shape index (κ1) is 17.9. The molecule has 25 heavy (non-hydrogen) atoms. The summed E-state index contributed by atoms with van der Waals surface area (Å²) in [5.74, 6) is 0.0958. The van der Waals surface area contributed by atoms with Gasteiger partial charge in [-0.25, -0.2) is 0 Å². The van der Waals surface area contributed by atoms with Crippen molar-refractivity contribution in [3.8, 4) is 0 Å². The van der Waals surface area contributed by atoms with Gasteiger partial charge in [-0.2, -0.15) is 13.2 Å². The van der Waals surface area contributed by atoms with Crippen molar-refractivity contribution in [3.05, 3.63) is 0 Å². The summed E-state index contributed by atoms with van der Waals surface area (Å²) in [5, 5.41) is 0. The van der Waals surface area contributed by atoms with E-state index in [0.717, 1.165) is 31.1 Å². The van der Waals surface area contributed by atoms with Crippen molar-refractivity contribution in [2.75, 3.05) is 0 Å². The number of ketones is 1. The second kappa shape index (κ2) is 5.48. The molecule has 0 aliphatic heterocycles. The number of carbonyl (C=O) groups is 1. The number of carbonyl (C=O) groups excluding carboxylic acids is 1. The first-order chi connectivity index (χ1) is 11.6. The lowest BCUT2D eigenvalue weighted by atomic mass is 9.45. The Kier molecular flexibility index (Phi) is 3.92. The second-order valence-electron chi connectivity index (χ2n) is 10.2. The maximum absolute atomic E-state index is 13.4. The van der Waals surface area contributed by atoms with Crippen LogP contribution in [0.3, 0.4) is 0 Å². The van der Waals surface area contributed by atoms with E-state index in [2.05, 4.69) is 13.8 Å². The smallest absolute Gasteiger partial charge is 0.298 e. The quantitative estimate of drug-likeness (QED) is 0.518. The molecule has 0 aromatic heterocycles. The zero-order valence-corrected chi connectivity index (χ0v) is 15.7. The molecule has 8 atom stereocenters. The Bertz CT molecular complexity index is 570. The molecule has 4 aliphatic rings. The summed E-state index contributed by atoms with van der Waals surface area (Å²) in [6, 6.07) is 0. The summed E-state index contributed by atoms with van der Waals surface area (Å²) in [4.78, 5) is 12.7. The molecular formula is C21H31F3O. The third kappa shape index (κ3) is 2.45. The van der Waals surface area contributed by atoms with E-state index in [0.29, 0.717) is 18.3 Å². The van der Waals surface area contributed by atoms with Crippen molar-refractivity contribution in [3.63, 3.8) is 0 Å². The number of hydrogen-bond acceptors (Lipinski definition) is 1. The molecule has 0 saturated heterocycles. The van der Waals surface area contributed by atoms with Crippen molar-refractivity contribution >= 4 is 5.78 Å². The van der Waals surface area contributed by atoms with Crippen LogP contribution in [0.5, 0.6) is 0 Å². The Balaban J connectivity index is 1.64. The Morgan fingerprint density at radius 2 is 1.68 bits per heavy atom. The number of halogens is 3. The lowest BCUT2D eigenvalue weighted by Gasteiger charge is -2.60. The summed E-state index contributed by atoms with van der Waals surface area (Å²) in [7, 11) is 0. The van der Waals surface area contributed by atoms with Gasteiger partial charge in [-0.3, -0.25) is 4.79 Å². The minimum absolute atomic E-state index is 0.0527. The molecule has 0 bridgehead atoms. The van der Waals surface area contributed by atoms with Crippen LogP contribution in [-0.2, 0) is 4.79 Å². The fourth-order valence-corrected chi connectivity index (χ4v) is 7.57. The van der Waals surface area contributed by atoms with Gasteiger partial charge >= 0.3 is 6.18 Å². The van der Waals surface area contributed by atoms with Gasteiger partial charge < -0.3 is 0 Å². The van der Waals surface area contributed by atoms with Crippen molar-refractivity contribution in [1.29, 1.82) is 0 Å². The van der Waals surface area contributed by atoms with Crippen molar-refractivity contribution < 1.29 is 18.0 Å². The maximum Gasteiger partial charge on any atom is 0.398 e. The monoisotopic (exact) mass is 356 g/mol. The molecule has 0 spiro atoms. The van der Waals surface area contributed by atoms with Crippen LogP contribution >= 0.6 is 0 Å². The van der Waals surface area contributed by atoms with Crippen molar-refractivity contribution in [2.24, 2.45) is 46.3 Å². The highest BCUT2D eigenvalue weighted by Gasteiger charge is 2.66. The van der Waals surface area contributed by atoms with E-state index in [1.165, 1.54) is 19.3 Å². The van der Waals surface area contributed by atoms with Crippen LogP contribution < -0.4 is 0 Å². The largest absolute Gasteiger partial charge is 0.398 e. The highest BCUT2D eigenvalue weighted by Crippen LogP contribution is 2.67. The third-order valence-corrected chi connectivity index (χ3v) is 9.08. The zero-order valence-electron chi connectivity index (χ0n) is 15.7. The van der Waals surface area contributed by atoms with Crippen molar-refractivity contribution in [1.82, 2.24) is 0 Å². The van der Waals surface area contributed by atoms with Gasteiger partial charge in [0.25, 0.3) is 0 Å². The predicted octanol–water partition coefficient (Wildman–Crippen LogP) is 6.02. The molecular weight excluding hydrogens is 325 g/mol.